The molecule has 2 aliphatic heterocycles. The number of nitrogens with zero attached hydrogens (tertiary/aromatic N) is 4. The molecule has 0 amide bonds. The van der Waals surface area contributed by atoms with Crippen LogP contribution in [-0.4, -0.2) is 51.4 Å². The van der Waals surface area contributed by atoms with Crippen molar-refractivity contribution >= 4 is 29.6 Å². The summed E-state index contributed by atoms with van der Waals surface area (Å²) < 4.78 is 14.2. The first-order valence-electron chi connectivity index (χ1n) is 8.21. The topological polar surface area (TPSA) is 33.1 Å². The molecule has 0 radical (unpaired) electrons. The molecule has 1 atom stereocenters. The lowest BCUT2D eigenvalue weighted by Gasteiger charge is -2.30. The molecule has 2 aromatic rings. The van der Waals surface area contributed by atoms with Crippen LogP contribution in [0.3, 0.4) is 0 Å². The summed E-state index contributed by atoms with van der Waals surface area (Å²) in [6, 6.07) is 6.50. The second-order valence-electron chi connectivity index (χ2n) is 6.43. The van der Waals surface area contributed by atoms with Crippen LogP contribution in [0.1, 0.15) is 24.2 Å². The fourth-order valence-corrected chi connectivity index (χ4v) is 6.05. The zero-order chi connectivity index (χ0) is 16.9. The minimum atomic E-state index is -1.82. The highest BCUT2D eigenvalue weighted by molar-refractivity contribution is 9.10. The van der Waals surface area contributed by atoms with E-state index in [1.54, 1.807) is 6.20 Å². The summed E-state index contributed by atoms with van der Waals surface area (Å²) >= 11 is 3.50. The quantitative estimate of drug-likeness (QED) is 0.536. The van der Waals surface area contributed by atoms with Crippen LogP contribution in [0.5, 0.6) is 0 Å². The fourth-order valence-electron chi connectivity index (χ4n) is 2.94. The Balaban J connectivity index is 1.62. The van der Waals surface area contributed by atoms with E-state index in [9.17, 15) is 0 Å². The smallest absolute Gasteiger partial charge is 0.181 e. The van der Waals surface area contributed by atoms with Gasteiger partial charge in [0.05, 0.1) is 11.8 Å². The van der Waals surface area contributed by atoms with Crippen molar-refractivity contribution in [1.29, 1.82) is 0 Å². The molecule has 1 aromatic carbocycles. The summed E-state index contributed by atoms with van der Waals surface area (Å²) in [7, 11) is -1.82. The van der Waals surface area contributed by atoms with Gasteiger partial charge >= 0.3 is 0 Å². The van der Waals surface area contributed by atoms with Crippen LogP contribution in [0.2, 0.25) is 0 Å². The van der Waals surface area contributed by atoms with Gasteiger partial charge < -0.3 is 4.52 Å². The lowest BCUT2D eigenvalue weighted by molar-refractivity contribution is 0.230. The Morgan fingerprint density at radius 1 is 1.25 bits per heavy atom. The van der Waals surface area contributed by atoms with Crippen LogP contribution in [0.25, 0.3) is 5.69 Å². The number of hydrogen-bond donors (Lipinski definition) is 0. The van der Waals surface area contributed by atoms with E-state index in [1.807, 2.05) is 10.8 Å². The second-order valence-corrected chi connectivity index (χ2v) is 9.81. The molecule has 3 heterocycles. The molecule has 0 bridgehead atoms. The van der Waals surface area contributed by atoms with Gasteiger partial charge in [-0.2, -0.15) is 0 Å². The number of aromatic nitrogens is 2. The highest BCUT2D eigenvalue weighted by Gasteiger charge is 2.43. The Labute approximate surface area is 151 Å². The summed E-state index contributed by atoms with van der Waals surface area (Å²) in [4.78, 5) is 4.26. The van der Waals surface area contributed by atoms with Crippen LogP contribution in [-0.2, 0) is 4.52 Å². The van der Waals surface area contributed by atoms with Gasteiger partial charge in [0, 0.05) is 38.6 Å². The molecule has 24 heavy (non-hydrogen) atoms. The molecular weight excluding hydrogens is 387 g/mol. The molecule has 0 N–H and O–H groups in total. The third kappa shape index (κ3) is 3.02. The van der Waals surface area contributed by atoms with E-state index < -0.39 is 7.41 Å². The average Bonchev–Trinajstić information content (AvgIpc) is 3.46. The van der Waals surface area contributed by atoms with Gasteiger partial charge in [0.1, 0.15) is 7.41 Å². The van der Waals surface area contributed by atoms with E-state index in [4.69, 9.17) is 4.52 Å². The number of imidazole rings is 1. The van der Waals surface area contributed by atoms with E-state index in [0.717, 1.165) is 36.6 Å². The summed E-state index contributed by atoms with van der Waals surface area (Å²) in [5.41, 5.74) is 3.50. The van der Waals surface area contributed by atoms with Crippen molar-refractivity contribution in [1.82, 2.24) is 18.9 Å². The Hall–Kier alpha value is -0.910. The highest BCUT2D eigenvalue weighted by Crippen LogP contribution is 2.62. The van der Waals surface area contributed by atoms with Gasteiger partial charge in [-0.1, -0.05) is 12.1 Å². The molecule has 0 saturated carbocycles. The molecule has 2 aliphatic rings. The minimum Gasteiger partial charge on any atom is -0.327 e. The first-order valence-corrected chi connectivity index (χ1v) is 10.8. The maximum Gasteiger partial charge on any atom is 0.181 e. The van der Waals surface area contributed by atoms with Gasteiger partial charge in [-0.05, 0) is 53.3 Å². The van der Waals surface area contributed by atoms with Crippen molar-refractivity contribution in [2.24, 2.45) is 0 Å². The second kappa shape index (κ2) is 6.11. The summed E-state index contributed by atoms with van der Waals surface area (Å²) in [5.74, 6) is 0. The van der Waals surface area contributed by atoms with Crippen LogP contribution in [0.4, 0.5) is 0 Å². The molecule has 1 unspecified atom stereocenters. The Morgan fingerprint density at radius 2 is 1.92 bits per heavy atom. The summed E-state index contributed by atoms with van der Waals surface area (Å²) in [6.45, 7) is 8.69. The third-order valence-corrected chi connectivity index (χ3v) is 8.42. The van der Waals surface area contributed by atoms with Crippen LogP contribution in [0.15, 0.2) is 35.3 Å². The normalized spacial score (nSPS) is 19.5. The van der Waals surface area contributed by atoms with Crippen molar-refractivity contribution in [2.45, 2.75) is 20.0 Å². The van der Waals surface area contributed by atoms with E-state index in [2.05, 4.69) is 68.6 Å². The largest absolute Gasteiger partial charge is 0.327 e. The molecule has 0 aliphatic carbocycles. The van der Waals surface area contributed by atoms with Crippen molar-refractivity contribution in [3.63, 3.8) is 0 Å². The molecule has 128 valence electrons. The number of benzene rings is 1. The number of hydrogen-bond acceptors (Lipinski definition) is 4. The average molecular weight is 409 g/mol. The first-order chi connectivity index (χ1) is 11.5. The Morgan fingerprint density at radius 3 is 2.46 bits per heavy atom. The van der Waals surface area contributed by atoms with Crippen LogP contribution in [0, 0.1) is 6.92 Å². The lowest BCUT2D eigenvalue weighted by atomic mass is 10.1. The summed E-state index contributed by atoms with van der Waals surface area (Å²) in [5, 5.41) is 0. The predicted octanol–water partition coefficient (Wildman–Crippen LogP) is 3.85. The molecule has 5 nitrogen and oxygen atoms in total. The van der Waals surface area contributed by atoms with Gasteiger partial charge in [-0.15, -0.1) is 0 Å². The zero-order valence-corrected chi connectivity index (χ0v) is 16.5. The van der Waals surface area contributed by atoms with E-state index in [0.29, 0.717) is 0 Å². The Kier molecular flexibility index (Phi) is 4.22. The SMILES string of the molecule is C=P(OC(C)c1ccc(C)c(-n2ccnc2Br)c1)(N1CC1)N1CC1. The molecule has 2 saturated heterocycles. The maximum absolute atomic E-state index is 6.53. The van der Waals surface area contributed by atoms with Crippen molar-refractivity contribution in [3.8, 4) is 5.69 Å². The lowest BCUT2D eigenvalue weighted by Crippen LogP contribution is -2.11. The number of aryl methyl sites for hydroxylation is 1. The van der Waals surface area contributed by atoms with Crippen LogP contribution >= 0.6 is 23.3 Å². The summed E-state index contributed by atoms with van der Waals surface area (Å²) in [6.07, 6.45) is 8.25. The van der Waals surface area contributed by atoms with Gasteiger partial charge in [-0.25, -0.2) is 14.3 Å². The first kappa shape index (κ1) is 16.6. The van der Waals surface area contributed by atoms with Gasteiger partial charge in [0.25, 0.3) is 0 Å². The van der Waals surface area contributed by atoms with E-state index in [-0.39, 0.29) is 6.10 Å². The Bertz CT molecular complexity index is 797. The van der Waals surface area contributed by atoms with E-state index in [1.165, 1.54) is 11.1 Å². The van der Waals surface area contributed by atoms with Gasteiger partial charge in [0.15, 0.2) is 4.73 Å². The molecule has 7 heteroatoms. The number of halogens is 1. The molecule has 4 rings (SSSR count). The molecule has 1 aromatic heterocycles. The minimum absolute atomic E-state index is 0.0127. The maximum atomic E-state index is 6.53. The van der Waals surface area contributed by atoms with Crippen molar-refractivity contribution < 1.29 is 4.52 Å². The zero-order valence-electron chi connectivity index (χ0n) is 14.0. The van der Waals surface area contributed by atoms with Crippen LogP contribution < -0.4 is 0 Å². The highest BCUT2D eigenvalue weighted by atomic mass is 79.9. The fraction of sp³-hybridized carbons (Fsp3) is 0.412. The van der Waals surface area contributed by atoms with Gasteiger partial charge in [-0.3, -0.25) is 4.57 Å². The van der Waals surface area contributed by atoms with E-state index >= 15 is 0 Å². The van der Waals surface area contributed by atoms with Gasteiger partial charge in [0.2, 0.25) is 0 Å². The molecule has 0 spiro atoms. The van der Waals surface area contributed by atoms with Crippen molar-refractivity contribution in [3.05, 3.63) is 46.5 Å². The third-order valence-electron chi connectivity index (χ3n) is 4.62. The standard InChI is InChI=1S/C17H22BrN4OP/c1-13-4-5-15(12-16(13)22-7-6-19-17(22)18)14(2)23-24(3,20-8-9-20)21-10-11-21/h4-7,12,14H,3,8-11H2,1-2H3. The monoisotopic (exact) mass is 408 g/mol. The number of rotatable bonds is 6. The molecule has 2 fully saturated rings. The van der Waals surface area contributed by atoms with Crippen molar-refractivity contribution in [2.75, 3.05) is 26.2 Å². The predicted molar refractivity (Wildman–Crippen MR) is 103 cm³/mol. The molecular formula is C17H22BrN4OP.